The van der Waals surface area contributed by atoms with E-state index < -0.39 is 21.8 Å². The summed E-state index contributed by atoms with van der Waals surface area (Å²) in [6.07, 6.45) is 0.468. The van der Waals surface area contributed by atoms with Crippen LogP contribution in [-0.4, -0.2) is 54.0 Å². The lowest BCUT2D eigenvalue weighted by Gasteiger charge is -2.23. The molecule has 0 aromatic heterocycles. The monoisotopic (exact) mass is 359 g/mol. The predicted molar refractivity (Wildman–Crippen MR) is 90.8 cm³/mol. The number of carbonyl (C=O) groups excluding carboxylic acids is 2. The van der Waals surface area contributed by atoms with Crippen molar-refractivity contribution in [1.29, 1.82) is 0 Å². The van der Waals surface area contributed by atoms with Crippen LogP contribution >= 0.6 is 11.8 Å². The third-order valence-electron chi connectivity index (χ3n) is 3.22. The molecule has 1 atom stereocenters. The Kier molecular flexibility index (Phi) is 7.74. The Morgan fingerprint density at radius 2 is 1.87 bits per heavy atom. The SMILES string of the molecule is CC(=O)SCC(Cc1ccccc1)C(=O)N(C)CCS(=O)(=O)O. The highest BCUT2D eigenvalue weighted by molar-refractivity contribution is 8.13. The zero-order valence-electron chi connectivity index (χ0n) is 13.1. The molecule has 1 aromatic carbocycles. The van der Waals surface area contributed by atoms with Crippen molar-refractivity contribution in [1.82, 2.24) is 4.90 Å². The Morgan fingerprint density at radius 3 is 2.39 bits per heavy atom. The van der Waals surface area contributed by atoms with Gasteiger partial charge in [0.25, 0.3) is 10.1 Å². The van der Waals surface area contributed by atoms with Gasteiger partial charge in [0.05, 0.1) is 11.7 Å². The summed E-state index contributed by atoms with van der Waals surface area (Å²) in [4.78, 5) is 25.0. The van der Waals surface area contributed by atoms with E-state index in [0.29, 0.717) is 12.2 Å². The second kappa shape index (κ2) is 9.05. The number of nitrogens with zero attached hydrogens (tertiary/aromatic N) is 1. The molecule has 1 amide bonds. The molecular weight excluding hydrogens is 338 g/mol. The van der Waals surface area contributed by atoms with E-state index in [4.69, 9.17) is 4.55 Å². The fraction of sp³-hybridized carbons (Fsp3) is 0.467. The van der Waals surface area contributed by atoms with Crippen molar-refractivity contribution in [2.75, 3.05) is 25.1 Å². The van der Waals surface area contributed by atoms with Crippen LogP contribution in [0.1, 0.15) is 12.5 Å². The van der Waals surface area contributed by atoms with Crippen LogP contribution in [0.15, 0.2) is 30.3 Å². The zero-order valence-corrected chi connectivity index (χ0v) is 14.8. The van der Waals surface area contributed by atoms with Gasteiger partial charge in [-0.2, -0.15) is 8.42 Å². The first-order valence-corrected chi connectivity index (χ1v) is 9.66. The van der Waals surface area contributed by atoms with Gasteiger partial charge < -0.3 is 4.90 Å². The molecule has 0 aliphatic carbocycles. The molecule has 0 saturated heterocycles. The minimum atomic E-state index is -4.12. The largest absolute Gasteiger partial charge is 0.344 e. The summed E-state index contributed by atoms with van der Waals surface area (Å²) < 4.78 is 30.4. The number of hydrogen-bond acceptors (Lipinski definition) is 5. The number of amides is 1. The Morgan fingerprint density at radius 1 is 1.26 bits per heavy atom. The van der Waals surface area contributed by atoms with Gasteiger partial charge >= 0.3 is 0 Å². The van der Waals surface area contributed by atoms with Gasteiger partial charge in [-0.05, 0) is 12.0 Å². The number of rotatable bonds is 8. The van der Waals surface area contributed by atoms with E-state index in [1.54, 1.807) is 0 Å². The van der Waals surface area contributed by atoms with Crippen LogP contribution in [0.2, 0.25) is 0 Å². The first kappa shape index (κ1) is 19.7. The van der Waals surface area contributed by atoms with Gasteiger partial charge in [-0.1, -0.05) is 42.1 Å². The van der Waals surface area contributed by atoms with E-state index in [-0.39, 0.29) is 17.6 Å². The van der Waals surface area contributed by atoms with Crippen LogP contribution in [0, 0.1) is 5.92 Å². The fourth-order valence-electron chi connectivity index (χ4n) is 2.01. The third-order valence-corrected chi connectivity index (χ3v) is 4.90. The summed E-state index contributed by atoms with van der Waals surface area (Å²) in [5.74, 6) is -0.851. The van der Waals surface area contributed by atoms with E-state index in [9.17, 15) is 18.0 Å². The van der Waals surface area contributed by atoms with Crippen molar-refractivity contribution in [3.63, 3.8) is 0 Å². The average Bonchev–Trinajstić information content (AvgIpc) is 2.48. The predicted octanol–water partition coefficient (Wildman–Crippen LogP) is 1.47. The molecule has 0 aliphatic heterocycles. The molecule has 0 spiro atoms. The molecule has 0 radical (unpaired) electrons. The van der Waals surface area contributed by atoms with Gasteiger partial charge in [0.2, 0.25) is 5.91 Å². The smallest absolute Gasteiger partial charge is 0.266 e. The summed E-state index contributed by atoms with van der Waals surface area (Å²) in [7, 11) is -2.63. The van der Waals surface area contributed by atoms with Crippen molar-refractivity contribution < 1.29 is 22.6 Å². The number of carbonyl (C=O) groups is 2. The van der Waals surface area contributed by atoms with Crippen molar-refractivity contribution in [2.24, 2.45) is 5.92 Å². The number of benzene rings is 1. The zero-order chi connectivity index (χ0) is 17.5. The highest BCUT2D eigenvalue weighted by Crippen LogP contribution is 2.17. The van der Waals surface area contributed by atoms with Gasteiger partial charge in [-0.15, -0.1) is 0 Å². The molecule has 6 nitrogen and oxygen atoms in total. The minimum Gasteiger partial charge on any atom is -0.344 e. The van der Waals surface area contributed by atoms with Crippen molar-refractivity contribution >= 4 is 32.9 Å². The fourth-order valence-corrected chi connectivity index (χ4v) is 3.21. The normalized spacial score (nSPS) is 12.7. The number of thioether (sulfide) groups is 1. The molecule has 23 heavy (non-hydrogen) atoms. The van der Waals surface area contributed by atoms with Gasteiger partial charge in [0.1, 0.15) is 0 Å². The highest BCUT2D eigenvalue weighted by atomic mass is 32.2. The van der Waals surface area contributed by atoms with Crippen molar-refractivity contribution in [3.05, 3.63) is 35.9 Å². The molecule has 0 fully saturated rings. The molecule has 1 N–H and O–H groups in total. The van der Waals surface area contributed by atoms with E-state index >= 15 is 0 Å². The summed E-state index contributed by atoms with van der Waals surface area (Å²) in [5.41, 5.74) is 0.971. The molecule has 0 heterocycles. The molecule has 128 valence electrons. The molecule has 8 heteroatoms. The summed E-state index contributed by atoms with van der Waals surface area (Å²) in [6.45, 7) is 1.35. The molecule has 0 aliphatic rings. The summed E-state index contributed by atoms with van der Waals surface area (Å²) in [6, 6.07) is 9.42. The lowest BCUT2D eigenvalue weighted by molar-refractivity contribution is -0.133. The maximum Gasteiger partial charge on any atom is 0.266 e. The third kappa shape index (κ3) is 8.15. The van der Waals surface area contributed by atoms with Crippen LogP contribution in [0.3, 0.4) is 0 Å². The molecule has 1 unspecified atom stereocenters. The second-order valence-electron chi connectivity index (χ2n) is 5.24. The molecule has 1 aromatic rings. The van der Waals surface area contributed by atoms with Crippen molar-refractivity contribution in [2.45, 2.75) is 13.3 Å². The van der Waals surface area contributed by atoms with E-state index in [0.717, 1.165) is 17.3 Å². The quantitative estimate of drug-likeness (QED) is 0.707. The Balaban J connectivity index is 2.76. The van der Waals surface area contributed by atoms with Crippen LogP contribution in [0.25, 0.3) is 0 Å². The van der Waals surface area contributed by atoms with Crippen LogP contribution < -0.4 is 0 Å². The van der Waals surface area contributed by atoms with Gasteiger partial charge in [-0.3, -0.25) is 14.1 Å². The summed E-state index contributed by atoms with van der Waals surface area (Å²) >= 11 is 1.07. The van der Waals surface area contributed by atoms with E-state index in [1.165, 1.54) is 18.9 Å². The Labute approximate surface area is 141 Å². The molecule has 0 saturated carbocycles. The maximum atomic E-state index is 12.5. The first-order chi connectivity index (χ1) is 10.7. The van der Waals surface area contributed by atoms with E-state index in [2.05, 4.69) is 0 Å². The first-order valence-electron chi connectivity index (χ1n) is 7.06. The van der Waals surface area contributed by atoms with Crippen LogP contribution in [0.5, 0.6) is 0 Å². The molecular formula is C15H21NO5S2. The van der Waals surface area contributed by atoms with Gasteiger partial charge in [0, 0.05) is 26.3 Å². The van der Waals surface area contributed by atoms with Gasteiger partial charge in [-0.25, -0.2) is 0 Å². The lowest BCUT2D eigenvalue weighted by Crippen LogP contribution is -2.38. The van der Waals surface area contributed by atoms with Crippen LogP contribution in [0.4, 0.5) is 0 Å². The van der Waals surface area contributed by atoms with E-state index in [1.807, 2.05) is 30.3 Å². The van der Waals surface area contributed by atoms with Crippen LogP contribution in [-0.2, 0) is 26.1 Å². The van der Waals surface area contributed by atoms with Gasteiger partial charge in [0.15, 0.2) is 5.12 Å². The Bertz CT molecular complexity index is 631. The highest BCUT2D eigenvalue weighted by Gasteiger charge is 2.24. The minimum absolute atomic E-state index is 0.0727. The van der Waals surface area contributed by atoms with Crippen molar-refractivity contribution in [3.8, 4) is 0 Å². The standard InChI is InChI=1S/C15H21NO5S2/c1-12(17)22-11-14(10-13-6-4-3-5-7-13)15(18)16(2)8-9-23(19,20)21/h3-7,14H,8-11H2,1-2H3,(H,19,20,21). The second-order valence-corrected chi connectivity index (χ2v) is 8.00. The molecule has 1 rings (SSSR count). The lowest BCUT2D eigenvalue weighted by atomic mass is 10.00. The topological polar surface area (TPSA) is 91.8 Å². The number of hydrogen-bond donors (Lipinski definition) is 1. The maximum absolute atomic E-state index is 12.5. The summed E-state index contributed by atoms with van der Waals surface area (Å²) in [5, 5.41) is -0.0727. The Hall–Kier alpha value is -1.38. The average molecular weight is 359 g/mol. The molecule has 0 bridgehead atoms.